The zero-order chi connectivity index (χ0) is 23.8. The van der Waals surface area contributed by atoms with E-state index in [1.165, 1.54) is 25.3 Å². The van der Waals surface area contributed by atoms with E-state index in [4.69, 9.17) is 9.47 Å². The van der Waals surface area contributed by atoms with Crippen molar-refractivity contribution in [2.75, 3.05) is 12.4 Å². The number of hydrogen-bond acceptors (Lipinski definition) is 4. The minimum absolute atomic E-state index is 0.0711. The molecule has 0 heterocycles. The van der Waals surface area contributed by atoms with Crippen molar-refractivity contribution >= 4 is 17.7 Å². The van der Waals surface area contributed by atoms with Gasteiger partial charge in [-0.3, -0.25) is 4.79 Å². The summed E-state index contributed by atoms with van der Waals surface area (Å²) in [4.78, 5) is 12.5. The third kappa shape index (κ3) is 6.37. The molecule has 3 aromatic carbocycles. The van der Waals surface area contributed by atoms with Crippen LogP contribution in [0, 0.1) is 11.3 Å². The summed E-state index contributed by atoms with van der Waals surface area (Å²) in [5.41, 5.74) is 0.195. The highest BCUT2D eigenvalue weighted by molar-refractivity contribution is 6.09. The van der Waals surface area contributed by atoms with Crippen molar-refractivity contribution in [1.29, 1.82) is 5.26 Å². The molecular weight excluding hydrogens is 433 g/mol. The molecule has 0 unspecified atom stereocenters. The number of amides is 1. The van der Waals surface area contributed by atoms with E-state index >= 15 is 0 Å². The Hall–Kier alpha value is -4.25. The Morgan fingerprint density at radius 2 is 1.79 bits per heavy atom. The maximum absolute atomic E-state index is 12.9. The third-order valence-corrected chi connectivity index (χ3v) is 4.55. The average molecular weight is 452 g/mol. The van der Waals surface area contributed by atoms with E-state index in [0.717, 1.165) is 17.7 Å². The number of nitriles is 1. The molecule has 0 atom stereocenters. The Balaban J connectivity index is 1.76. The number of benzene rings is 3. The summed E-state index contributed by atoms with van der Waals surface area (Å²) in [6.45, 7) is 0.329. The smallest absolute Gasteiger partial charge is 0.416 e. The molecule has 0 aromatic heterocycles. The Labute approximate surface area is 188 Å². The molecule has 1 amide bonds. The molecule has 0 fully saturated rings. The van der Waals surface area contributed by atoms with Crippen LogP contribution in [0.25, 0.3) is 6.08 Å². The topological polar surface area (TPSA) is 71.3 Å². The predicted molar refractivity (Wildman–Crippen MR) is 117 cm³/mol. The van der Waals surface area contributed by atoms with Crippen LogP contribution in [0.15, 0.2) is 78.4 Å². The Bertz CT molecular complexity index is 1200. The molecule has 0 saturated heterocycles. The van der Waals surface area contributed by atoms with Crippen molar-refractivity contribution in [1.82, 2.24) is 0 Å². The van der Waals surface area contributed by atoms with Crippen molar-refractivity contribution in [3.05, 3.63) is 95.1 Å². The molecule has 1 N–H and O–H groups in total. The summed E-state index contributed by atoms with van der Waals surface area (Å²) < 4.78 is 49.8. The van der Waals surface area contributed by atoms with E-state index in [2.05, 4.69) is 5.32 Å². The predicted octanol–water partition coefficient (Wildman–Crippen LogP) is 5.84. The van der Waals surface area contributed by atoms with Gasteiger partial charge in [-0.2, -0.15) is 18.4 Å². The van der Waals surface area contributed by atoms with Crippen LogP contribution in [0.2, 0.25) is 0 Å². The van der Waals surface area contributed by atoms with Gasteiger partial charge in [-0.05, 0) is 47.5 Å². The van der Waals surface area contributed by atoms with Gasteiger partial charge in [0.2, 0.25) is 0 Å². The van der Waals surface area contributed by atoms with E-state index in [1.54, 1.807) is 24.3 Å². The summed E-state index contributed by atoms with van der Waals surface area (Å²) in [7, 11) is 1.46. The first-order valence-corrected chi connectivity index (χ1v) is 9.75. The normalized spacial score (nSPS) is 11.4. The fourth-order valence-corrected chi connectivity index (χ4v) is 2.92. The quantitative estimate of drug-likeness (QED) is 0.361. The number of ether oxygens (including phenoxy) is 2. The summed E-state index contributed by atoms with van der Waals surface area (Å²) in [6, 6.07) is 20.4. The van der Waals surface area contributed by atoms with Crippen LogP contribution in [-0.4, -0.2) is 13.0 Å². The van der Waals surface area contributed by atoms with E-state index < -0.39 is 17.6 Å². The molecule has 0 spiro atoms. The molecule has 0 radical (unpaired) electrons. The largest absolute Gasteiger partial charge is 0.493 e. The zero-order valence-corrected chi connectivity index (χ0v) is 17.5. The number of anilines is 1. The van der Waals surface area contributed by atoms with E-state index in [1.807, 2.05) is 30.3 Å². The number of carbonyl (C=O) groups excluding carboxylic acids is 1. The monoisotopic (exact) mass is 452 g/mol. The lowest BCUT2D eigenvalue weighted by Crippen LogP contribution is -2.14. The molecule has 0 aliphatic carbocycles. The summed E-state index contributed by atoms with van der Waals surface area (Å²) in [6.07, 6.45) is -3.23. The third-order valence-electron chi connectivity index (χ3n) is 4.55. The maximum atomic E-state index is 12.9. The van der Waals surface area contributed by atoms with Gasteiger partial charge < -0.3 is 14.8 Å². The first-order valence-electron chi connectivity index (χ1n) is 9.75. The van der Waals surface area contributed by atoms with Gasteiger partial charge in [0, 0.05) is 5.69 Å². The van der Waals surface area contributed by atoms with Gasteiger partial charge in [0.05, 0.1) is 12.7 Å². The molecule has 0 aliphatic heterocycles. The lowest BCUT2D eigenvalue weighted by Gasteiger charge is -2.12. The lowest BCUT2D eigenvalue weighted by molar-refractivity contribution is -0.137. The molecule has 3 aromatic rings. The number of halogens is 3. The first-order chi connectivity index (χ1) is 15.8. The molecule has 33 heavy (non-hydrogen) atoms. The standard InChI is InChI=1S/C25H19F3N2O3/c1-32-23-13-18(10-11-22(23)33-16-17-6-3-2-4-7-17)12-19(15-29)24(31)30-21-9-5-8-20(14-21)25(26,27)28/h2-14H,16H2,1H3,(H,30,31)/b19-12-. The van der Waals surface area contributed by atoms with Crippen molar-refractivity contribution in [2.24, 2.45) is 0 Å². The minimum atomic E-state index is -4.55. The highest BCUT2D eigenvalue weighted by atomic mass is 19.4. The fourth-order valence-electron chi connectivity index (χ4n) is 2.92. The maximum Gasteiger partial charge on any atom is 0.416 e. The Kier molecular flexibility index (Phi) is 7.36. The van der Waals surface area contributed by atoms with Crippen molar-refractivity contribution in [2.45, 2.75) is 12.8 Å². The van der Waals surface area contributed by atoms with Gasteiger partial charge >= 0.3 is 6.18 Å². The van der Waals surface area contributed by atoms with E-state index in [-0.39, 0.29) is 11.3 Å². The van der Waals surface area contributed by atoms with E-state index in [9.17, 15) is 23.2 Å². The second-order valence-electron chi connectivity index (χ2n) is 6.89. The Morgan fingerprint density at radius 1 is 1.03 bits per heavy atom. The van der Waals surface area contributed by atoms with Crippen LogP contribution in [0.3, 0.4) is 0 Å². The number of rotatable bonds is 7. The molecular formula is C25H19F3N2O3. The van der Waals surface area contributed by atoms with Crippen LogP contribution in [0.1, 0.15) is 16.7 Å². The lowest BCUT2D eigenvalue weighted by atomic mass is 10.1. The van der Waals surface area contributed by atoms with Crippen LogP contribution >= 0.6 is 0 Å². The van der Waals surface area contributed by atoms with E-state index in [0.29, 0.717) is 23.7 Å². The van der Waals surface area contributed by atoms with Crippen LogP contribution in [-0.2, 0) is 17.6 Å². The van der Waals surface area contributed by atoms with Gasteiger partial charge in [0.1, 0.15) is 18.2 Å². The molecule has 8 heteroatoms. The van der Waals surface area contributed by atoms with Crippen molar-refractivity contribution in [3.63, 3.8) is 0 Å². The second-order valence-corrected chi connectivity index (χ2v) is 6.89. The van der Waals surface area contributed by atoms with Gasteiger partial charge in [-0.25, -0.2) is 0 Å². The Morgan fingerprint density at radius 3 is 2.45 bits per heavy atom. The number of nitrogens with one attached hydrogen (secondary N) is 1. The molecule has 0 saturated carbocycles. The zero-order valence-electron chi connectivity index (χ0n) is 17.5. The second kappa shape index (κ2) is 10.4. The average Bonchev–Trinajstić information content (AvgIpc) is 2.81. The summed E-state index contributed by atoms with van der Waals surface area (Å²) in [5, 5.41) is 11.7. The van der Waals surface area contributed by atoms with Crippen LogP contribution in [0.5, 0.6) is 11.5 Å². The molecule has 3 rings (SSSR count). The van der Waals surface area contributed by atoms with Crippen molar-refractivity contribution < 1.29 is 27.4 Å². The number of methoxy groups -OCH3 is 1. The van der Waals surface area contributed by atoms with Crippen molar-refractivity contribution in [3.8, 4) is 17.6 Å². The van der Waals surface area contributed by atoms with Crippen LogP contribution < -0.4 is 14.8 Å². The molecule has 168 valence electrons. The molecule has 5 nitrogen and oxygen atoms in total. The van der Waals surface area contributed by atoms with Gasteiger partial charge in [-0.1, -0.05) is 42.5 Å². The van der Waals surface area contributed by atoms with Gasteiger partial charge in [0.15, 0.2) is 11.5 Å². The summed E-state index contributed by atoms with van der Waals surface area (Å²) >= 11 is 0. The fraction of sp³-hybridized carbons (Fsp3) is 0.120. The molecule has 0 bridgehead atoms. The highest BCUT2D eigenvalue weighted by Gasteiger charge is 2.30. The number of carbonyl (C=O) groups is 1. The highest BCUT2D eigenvalue weighted by Crippen LogP contribution is 2.31. The SMILES string of the molecule is COc1cc(/C=C(/C#N)C(=O)Nc2cccc(C(F)(F)F)c2)ccc1OCc1ccccc1. The first kappa shape index (κ1) is 23.4. The van der Waals surface area contributed by atoms with Crippen LogP contribution in [0.4, 0.5) is 18.9 Å². The number of hydrogen-bond donors (Lipinski definition) is 1. The number of alkyl halides is 3. The van der Waals surface area contributed by atoms with Gasteiger partial charge in [0.25, 0.3) is 5.91 Å². The summed E-state index contributed by atoms with van der Waals surface area (Å²) in [5.74, 6) is 0.0425. The minimum Gasteiger partial charge on any atom is -0.493 e. The number of nitrogens with zero attached hydrogens (tertiary/aromatic N) is 1. The molecule has 0 aliphatic rings. The van der Waals surface area contributed by atoms with Gasteiger partial charge in [-0.15, -0.1) is 0 Å².